The molecule has 7 heavy (non-hydrogen) atoms. The third-order valence-electron chi connectivity index (χ3n) is 0.506. The molecule has 0 aliphatic carbocycles. The van der Waals surface area contributed by atoms with Gasteiger partial charge in [-0.2, -0.15) is 0 Å². The van der Waals surface area contributed by atoms with Gasteiger partial charge < -0.3 is 0 Å². The van der Waals surface area contributed by atoms with Gasteiger partial charge in [-0.05, 0) is 0 Å². The molecule has 1 unspecified atom stereocenters. The molecule has 0 aliphatic rings. The fourth-order valence-corrected chi connectivity index (χ4v) is 0.128. The van der Waals surface area contributed by atoms with E-state index in [1.807, 2.05) is 0 Å². The van der Waals surface area contributed by atoms with Gasteiger partial charge in [-0.1, -0.05) is 19.2 Å². The van der Waals surface area contributed by atoms with Gasteiger partial charge >= 0.3 is 0 Å². The molecule has 0 aliphatic heterocycles. The van der Waals surface area contributed by atoms with Crippen LogP contribution >= 0.6 is 0 Å². The molecule has 0 N–H and O–H groups in total. The summed E-state index contributed by atoms with van der Waals surface area (Å²) in [6.07, 6.45) is -0.845. The van der Waals surface area contributed by atoms with Crippen molar-refractivity contribution in [1.82, 2.24) is 0 Å². The third-order valence-corrected chi connectivity index (χ3v) is 0.506. The fourth-order valence-electron chi connectivity index (χ4n) is 0.128. The van der Waals surface area contributed by atoms with Crippen molar-refractivity contribution in [3.8, 4) is 0 Å². The lowest BCUT2D eigenvalue weighted by Crippen LogP contribution is -1.90. The average Bonchev–Trinajstić information content (AvgIpc) is 1.65. The number of alkyl halides is 1. The molecule has 0 rings (SSSR count). The monoisotopic (exact) mass is 104 g/mol. The molecule has 0 amide bonds. The third kappa shape index (κ3) is 2.09. The number of allylic oxidation sites excluding steroid dienone is 2. The van der Waals surface area contributed by atoms with E-state index in [2.05, 4.69) is 13.2 Å². The molecule has 0 aromatic heterocycles. The maximum atomic E-state index is 11.7. The first kappa shape index (κ1) is 6.34. The molecule has 0 heterocycles. The summed E-state index contributed by atoms with van der Waals surface area (Å²) >= 11 is 0. The van der Waals surface area contributed by atoms with Crippen molar-refractivity contribution >= 4 is 0 Å². The van der Waals surface area contributed by atoms with Crippen molar-refractivity contribution in [3.63, 3.8) is 0 Å². The molecule has 0 bridgehead atoms. The summed E-state index contributed by atoms with van der Waals surface area (Å²) in [5, 5.41) is 0. The first-order chi connectivity index (χ1) is 3.18. The second-order valence-corrected chi connectivity index (χ2v) is 1.08. The summed E-state index contributed by atoms with van der Waals surface area (Å²) in [5.74, 6) is -0.991. The van der Waals surface area contributed by atoms with Crippen LogP contribution in [0.15, 0.2) is 25.1 Å². The van der Waals surface area contributed by atoms with E-state index in [1.54, 1.807) is 0 Å². The highest BCUT2D eigenvalue weighted by molar-refractivity contribution is 5.00. The molecule has 0 aromatic carbocycles. The molecule has 0 nitrogen and oxygen atoms in total. The van der Waals surface area contributed by atoms with Gasteiger partial charge in [0.05, 0.1) is 0 Å². The molecule has 0 spiro atoms. The molecule has 1 atom stereocenters. The van der Waals surface area contributed by atoms with Crippen LogP contribution in [0.3, 0.4) is 0 Å². The van der Waals surface area contributed by atoms with Crippen LogP contribution in [0.2, 0.25) is 0 Å². The second-order valence-electron chi connectivity index (χ2n) is 1.08. The van der Waals surface area contributed by atoms with Gasteiger partial charge in [0.25, 0.3) is 0 Å². The molecule has 0 aromatic rings. The molecule has 40 valence electrons. The summed E-state index contributed by atoms with van der Waals surface area (Å²) in [6, 6.07) is 0. The highest BCUT2D eigenvalue weighted by atomic mass is 19.2. The lowest BCUT2D eigenvalue weighted by Gasteiger charge is -1.91. The normalized spacial score (nSPS) is 12.9. The van der Waals surface area contributed by atoms with E-state index in [4.69, 9.17) is 0 Å². The Bertz CT molecular complexity index is 86.1. The maximum absolute atomic E-state index is 11.7. The van der Waals surface area contributed by atoms with Crippen LogP contribution in [0.5, 0.6) is 0 Å². The minimum absolute atomic E-state index is 0.850. The van der Waals surface area contributed by atoms with Gasteiger partial charge in [0, 0.05) is 0 Å². The summed E-state index contributed by atoms with van der Waals surface area (Å²) < 4.78 is 23.1. The van der Waals surface area contributed by atoms with E-state index in [0.29, 0.717) is 0 Å². The van der Waals surface area contributed by atoms with Gasteiger partial charge in [0.15, 0.2) is 6.17 Å². The minimum Gasteiger partial charge on any atom is -0.235 e. The van der Waals surface area contributed by atoms with Crippen LogP contribution in [0.1, 0.15) is 0 Å². The summed E-state index contributed by atoms with van der Waals surface area (Å²) in [7, 11) is 0. The average molecular weight is 104 g/mol. The summed E-state index contributed by atoms with van der Waals surface area (Å²) in [4.78, 5) is 0. The molecular weight excluding hydrogens is 98.1 g/mol. The SMILES string of the molecule is C=CC(F)C(=C)F. The highest BCUT2D eigenvalue weighted by Gasteiger charge is 2.01. The molecule has 2 heteroatoms. The Morgan fingerprint density at radius 1 is 1.71 bits per heavy atom. The summed E-state index contributed by atoms with van der Waals surface area (Å²) in [5.41, 5.74) is 0. The van der Waals surface area contributed by atoms with E-state index in [1.165, 1.54) is 0 Å². The Balaban J connectivity index is 3.55. The smallest absolute Gasteiger partial charge is 0.169 e. The van der Waals surface area contributed by atoms with E-state index in [9.17, 15) is 8.78 Å². The molecular formula is C5H6F2. The van der Waals surface area contributed by atoms with Crippen molar-refractivity contribution in [3.05, 3.63) is 25.1 Å². The van der Waals surface area contributed by atoms with Crippen LogP contribution in [0.25, 0.3) is 0 Å². The fraction of sp³-hybridized carbons (Fsp3) is 0.200. The Kier molecular flexibility index (Phi) is 2.27. The molecule has 0 radical (unpaired) electrons. The van der Waals surface area contributed by atoms with E-state index < -0.39 is 12.0 Å². The Labute approximate surface area is 41.2 Å². The van der Waals surface area contributed by atoms with E-state index in [-0.39, 0.29) is 0 Å². The van der Waals surface area contributed by atoms with Gasteiger partial charge in [-0.15, -0.1) is 0 Å². The lowest BCUT2D eigenvalue weighted by atomic mass is 10.4. The minimum atomic E-state index is -1.69. The van der Waals surface area contributed by atoms with Gasteiger partial charge in [0.2, 0.25) is 0 Å². The quantitative estimate of drug-likeness (QED) is 0.470. The first-order valence-electron chi connectivity index (χ1n) is 1.79. The topological polar surface area (TPSA) is 0 Å². The Hall–Kier alpha value is -0.660. The lowest BCUT2D eigenvalue weighted by molar-refractivity contribution is 0.384. The Morgan fingerprint density at radius 3 is 2.14 bits per heavy atom. The number of halogens is 2. The van der Waals surface area contributed by atoms with E-state index in [0.717, 1.165) is 6.08 Å². The standard InChI is InChI=1S/C5H6F2/c1-3-5(7)4(2)6/h3,5H,1-2H2. The van der Waals surface area contributed by atoms with Crippen molar-refractivity contribution in [2.45, 2.75) is 6.17 Å². The molecule has 0 fully saturated rings. The van der Waals surface area contributed by atoms with Crippen molar-refractivity contribution in [1.29, 1.82) is 0 Å². The largest absolute Gasteiger partial charge is 0.235 e. The summed E-state index contributed by atoms with van der Waals surface area (Å²) in [6.45, 7) is 5.72. The number of rotatable bonds is 2. The van der Waals surface area contributed by atoms with Gasteiger partial charge in [-0.25, -0.2) is 8.78 Å². The maximum Gasteiger partial charge on any atom is 0.169 e. The first-order valence-corrected chi connectivity index (χ1v) is 1.79. The van der Waals surface area contributed by atoms with Gasteiger partial charge in [-0.3, -0.25) is 0 Å². The molecule has 0 saturated carbocycles. The van der Waals surface area contributed by atoms with Crippen molar-refractivity contribution in [2.75, 3.05) is 0 Å². The van der Waals surface area contributed by atoms with Crippen LogP contribution in [0, 0.1) is 0 Å². The zero-order chi connectivity index (χ0) is 5.86. The van der Waals surface area contributed by atoms with Crippen LogP contribution < -0.4 is 0 Å². The van der Waals surface area contributed by atoms with Crippen LogP contribution in [-0.2, 0) is 0 Å². The highest BCUT2D eigenvalue weighted by Crippen LogP contribution is 2.04. The van der Waals surface area contributed by atoms with Crippen molar-refractivity contribution < 1.29 is 8.78 Å². The van der Waals surface area contributed by atoms with Crippen molar-refractivity contribution in [2.24, 2.45) is 0 Å². The van der Waals surface area contributed by atoms with Crippen LogP contribution in [-0.4, -0.2) is 6.17 Å². The van der Waals surface area contributed by atoms with E-state index >= 15 is 0 Å². The number of hydrogen-bond donors (Lipinski definition) is 0. The Morgan fingerprint density at radius 2 is 2.14 bits per heavy atom. The van der Waals surface area contributed by atoms with Gasteiger partial charge in [0.1, 0.15) is 5.83 Å². The predicted molar refractivity (Wildman–Crippen MR) is 25.3 cm³/mol. The molecule has 0 saturated heterocycles. The number of hydrogen-bond acceptors (Lipinski definition) is 0. The predicted octanol–water partition coefficient (Wildman–Crippen LogP) is 1.99. The zero-order valence-electron chi connectivity index (χ0n) is 3.82. The second kappa shape index (κ2) is 2.50. The van der Waals surface area contributed by atoms with Crippen LogP contribution in [0.4, 0.5) is 8.78 Å². The zero-order valence-corrected chi connectivity index (χ0v) is 3.82.